The Morgan fingerprint density at radius 3 is 1.54 bits per heavy atom. The van der Waals surface area contributed by atoms with E-state index in [1.54, 1.807) is 0 Å². The van der Waals surface area contributed by atoms with Crippen molar-refractivity contribution >= 4 is 5.69 Å². The topological polar surface area (TPSA) is 46.2 Å². The van der Waals surface area contributed by atoms with E-state index < -0.39 is 0 Å². The van der Waals surface area contributed by atoms with Gasteiger partial charge in [0.15, 0.2) is 0 Å². The number of phenolic OH excluding ortho intramolecular Hbond substituents is 1. The van der Waals surface area contributed by atoms with Crippen LogP contribution in [0.25, 0.3) is 0 Å². The molecule has 2 saturated carbocycles. The number of benzene rings is 1. The van der Waals surface area contributed by atoms with Gasteiger partial charge in [0.1, 0.15) is 5.75 Å². The van der Waals surface area contributed by atoms with Gasteiger partial charge in [0.2, 0.25) is 0 Å². The normalized spacial score (nSPS) is 34.1. The molecule has 28 heavy (non-hydrogen) atoms. The van der Waals surface area contributed by atoms with Gasteiger partial charge in [0.05, 0.1) is 0 Å². The fraction of sp³-hybridized carbons (Fsp3) is 0.769. The molecule has 3 rings (SSSR count). The number of aromatic hydroxyl groups is 1. The van der Waals surface area contributed by atoms with E-state index in [9.17, 15) is 5.11 Å². The van der Waals surface area contributed by atoms with Crippen LogP contribution in [0.3, 0.4) is 0 Å². The first-order valence-electron chi connectivity index (χ1n) is 11.8. The predicted octanol–water partition coefficient (Wildman–Crippen LogP) is 7.33. The summed E-state index contributed by atoms with van der Waals surface area (Å²) in [5, 5.41) is 10.7. The van der Waals surface area contributed by atoms with Crippen LogP contribution in [-0.2, 0) is 0 Å². The Balaban J connectivity index is 2.03. The van der Waals surface area contributed by atoms with Crippen molar-refractivity contribution in [2.75, 3.05) is 5.73 Å². The first kappa shape index (κ1) is 21.5. The average Bonchev–Trinajstić information content (AvgIpc) is 2.62. The van der Waals surface area contributed by atoms with Crippen molar-refractivity contribution in [1.82, 2.24) is 0 Å². The standard InChI is InChI=1S/C26H43NO/c1-15(2)20-9-7-17(5)11-22(20)24-13-19(28)14-25(26(24)27)23-12-18(6)8-10-21(23)16(3)4/h13-18,20-23,28H,7-12,27H2,1-6H3. The number of phenols is 1. The first-order chi connectivity index (χ1) is 13.2. The van der Waals surface area contributed by atoms with E-state index >= 15 is 0 Å². The molecule has 158 valence electrons. The summed E-state index contributed by atoms with van der Waals surface area (Å²) in [4.78, 5) is 0. The molecule has 0 saturated heterocycles. The van der Waals surface area contributed by atoms with Crippen LogP contribution < -0.4 is 5.73 Å². The Morgan fingerprint density at radius 2 is 1.18 bits per heavy atom. The van der Waals surface area contributed by atoms with E-state index in [0.29, 0.717) is 41.3 Å². The summed E-state index contributed by atoms with van der Waals surface area (Å²) in [6.07, 6.45) is 7.60. The molecule has 0 radical (unpaired) electrons. The van der Waals surface area contributed by atoms with Gasteiger partial charge < -0.3 is 10.8 Å². The van der Waals surface area contributed by atoms with Crippen LogP contribution in [0.1, 0.15) is 103 Å². The Labute approximate surface area is 173 Å². The fourth-order valence-electron chi connectivity index (χ4n) is 6.42. The zero-order chi connectivity index (χ0) is 20.6. The van der Waals surface area contributed by atoms with Crippen molar-refractivity contribution in [2.45, 2.75) is 91.9 Å². The monoisotopic (exact) mass is 385 g/mol. The Kier molecular flexibility index (Phi) is 6.67. The minimum Gasteiger partial charge on any atom is -0.508 e. The molecule has 0 aliphatic heterocycles. The second-order valence-electron chi connectivity index (χ2n) is 10.9. The summed E-state index contributed by atoms with van der Waals surface area (Å²) in [6.45, 7) is 14.2. The summed E-state index contributed by atoms with van der Waals surface area (Å²) < 4.78 is 0. The van der Waals surface area contributed by atoms with Crippen LogP contribution in [0.5, 0.6) is 5.75 Å². The van der Waals surface area contributed by atoms with Gasteiger partial charge in [-0.3, -0.25) is 0 Å². The maximum absolute atomic E-state index is 10.7. The van der Waals surface area contributed by atoms with Crippen LogP contribution in [-0.4, -0.2) is 5.11 Å². The molecule has 0 heterocycles. The van der Waals surface area contributed by atoms with Gasteiger partial charge >= 0.3 is 0 Å². The molecule has 2 aliphatic carbocycles. The number of nitrogens with two attached hydrogens (primary N) is 1. The van der Waals surface area contributed by atoms with Crippen molar-refractivity contribution in [3.05, 3.63) is 23.3 Å². The van der Waals surface area contributed by atoms with Crippen molar-refractivity contribution in [3.8, 4) is 5.75 Å². The highest BCUT2D eigenvalue weighted by molar-refractivity contribution is 5.60. The number of hydrogen-bond acceptors (Lipinski definition) is 2. The molecule has 2 aliphatic rings. The molecule has 0 aromatic heterocycles. The molecule has 1 aromatic rings. The molecular formula is C26H43NO. The van der Waals surface area contributed by atoms with E-state index in [0.717, 1.165) is 17.5 Å². The molecule has 0 amide bonds. The largest absolute Gasteiger partial charge is 0.508 e. The second kappa shape index (κ2) is 8.67. The van der Waals surface area contributed by atoms with Crippen molar-refractivity contribution in [3.63, 3.8) is 0 Å². The highest BCUT2D eigenvalue weighted by atomic mass is 16.3. The highest BCUT2D eigenvalue weighted by Gasteiger charge is 2.37. The summed E-state index contributed by atoms with van der Waals surface area (Å²) in [5.41, 5.74) is 10.4. The number of hydrogen-bond donors (Lipinski definition) is 2. The van der Waals surface area contributed by atoms with E-state index in [1.165, 1.54) is 49.7 Å². The van der Waals surface area contributed by atoms with Crippen LogP contribution in [0.2, 0.25) is 0 Å². The van der Waals surface area contributed by atoms with Gasteiger partial charge in [-0.15, -0.1) is 0 Å². The zero-order valence-corrected chi connectivity index (χ0v) is 19.0. The highest BCUT2D eigenvalue weighted by Crippen LogP contribution is 2.51. The number of nitrogen functional groups attached to an aromatic ring is 1. The third kappa shape index (κ3) is 4.36. The van der Waals surface area contributed by atoms with Crippen molar-refractivity contribution in [2.24, 2.45) is 35.5 Å². The first-order valence-corrected chi connectivity index (χ1v) is 11.8. The average molecular weight is 386 g/mol. The minimum absolute atomic E-state index is 0.417. The van der Waals surface area contributed by atoms with Gasteiger partial charge in [-0.2, -0.15) is 0 Å². The molecule has 2 nitrogen and oxygen atoms in total. The summed E-state index contributed by atoms with van der Waals surface area (Å²) >= 11 is 0. The van der Waals surface area contributed by atoms with Crippen molar-refractivity contribution in [1.29, 1.82) is 0 Å². The van der Waals surface area contributed by atoms with Gasteiger partial charge in [0.25, 0.3) is 0 Å². The van der Waals surface area contributed by atoms with Crippen LogP contribution >= 0.6 is 0 Å². The molecule has 3 N–H and O–H groups in total. The molecule has 6 atom stereocenters. The molecule has 6 unspecified atom stereocenters. The fourth-order valence-corrected chi connectivity index (χ4v) is 6.42. The molecular weight excluding hydrogens is 342 g/mol. The number of rotatable bonds is 4. The predicted molar refractivity (Wildman–Crippen MR) is 121 cm³/mol. The molecule has 1 aromatic carbocycles. The number of anilines is 1. The third-order valence-electron chi connectivity index (χ3n) is 8.07. The quantitative estimate of drug-likeness (QED) is 0.421. The molecule has 2 heteroatoms. The lowest BCUT2D eigenvalue weighted by Crippen LogP contribution is -2.29. The van der Waals surface area contributed by atoms with Crippen LogP contribution in [0, 0.1) is 35.5 Å². The maximum Gasteiger partial charge on any atom is 0.116 e. The lowest BCUT2D eigenvalue weighted by molar-refractivity contribution is 0.193. The second-order valence-corrected chi connectivity index (χ2v) is 10.9. The zero-order valence-electron chi connectivity index (χ0n) is 19.0. The van der Waals surface area contributed by atoms with Crippen LogP contribution in [0.15, 0.2) is 12.1 Å². The summed E-state index contributed by atoms with van der Waals surface area (Å²) in [6, 6.07) is 3.99. The van der Waals surface area contributed by atoms with Gasteiger partial charge in [0, 0.05) is 5.69 Å². The minimum atomic E-state index is 0.417. The summed E-state index contributed by atoms with van der Waals surface area (Å²) in [5.74, 6) is 5.49. The molecule has 0 bridgehead atoms. The van der Waals surface area contributed by atoms with Crippen LogP contribution in [0.4, 0.5) is 5.69 Å². The van der Waals surface area contributed by atoms with E-state index in [2.05, 4.69) is 41.5 Å². The maximum atomic E-state index is 10.7. The van der Waals surface area contributed by atoms with Crippen molar-refractivity contribution < 1.29 is 5.11 Å². The Bertz CT molecular complexity index is 611. The lowest BCUT2D eigenvalue weighted by Gasteiger charge is -2.41. The van der Waals surface area contributed by atoms with Gasteiger partial charge in [-0.1, -0.05) is 54.4 Å². The van der Waals surface area contributed by atoms with E-state index in [1.807, 2.05) is 12.1 Å². The third-order valence-corrected chi connectivity index (χ3v) is 8.07. The lowest BCUT2D eigenvalue weighted by atomic mass is 9.65. The van der Waals surface area contributed by atoms with E-state index in [4.69, 9.17) is 5.73 Å². The van der Waals surface area contributed by atoms with Gasteiger partial charge in [-0.25, -0.2) is 0 Å². The Hall–Kier alpha value is -1.18. The smallest absolute Gasteiger partial charge is 0.116 e. The molecule has 0 spiro atoms. The van der Waals surface area contributed by atoms with E-state index in [-0.39, 0.29) is 0 Å². The summed E-state index contributed by atoms with van der Waals surface area (Å²) in [7, 11) is 0. The molecule has 2 fully saturated rings. The SMILES string of the molecule is CC1CCC(C(C)C)C(c2cc(O)cc(C3CC(C)CCC3C(C)C)c2N)C1. The Morgan fingerprint density at radius 1 is 0.786 bits per heavy atom. The van der Waals surface area contributed by atoms with Gasteiger partial charge in [-0.05, 0) is 96.3 Å².